The van der Waals surface area contributed by atoms with Gasteiger partial charge >= 0.3 is 18.6 Å². The molecule has 0 amide bonds. The Kier molecular flexibility index (Phi) is 16.5. The Bertz CT molecular complexity index is 1710. The molecule has 0 saturated heterocycles. The van der Waals surface area contributed by atoms with Gasteiger partial charge in [-0.1, -0.05) is 109 Å². The van der Waals surface area contributed by atoms with Crippen molar-refractivity contribution in [2.45, 2.75) is 159 Å². The number of allylic oxidation sites excluding steroid dienone is 8. The van der Waals surface area contributed by atoms with Gasteiger partial charge in [0.2, 0.25) is 0 Å². The van der Waals surface area contributed by atoms with Gasteiger partial charge in [0.05, 0.1) is 10.3 Å². The van der Waals surface area contributed by atoms with E-state index < -0.39 is 23.6 Å². The summed E-state index contributed by atoms with van der Waals surface area (Å²) in [4.78, 5) is 27.5. The van der Waals surface area contributed by atoms with E-state index in [1.807, 2.05) is 45.9 Å². The molecule has 1 saturated carbocycles. The summed E-state index contributed by atoms with van der Waals surface area (Å²) in [6.07, 6.45) is 18.2. The predicted octanol–water partition coefficient (Wildman–Crippen LogP) is 14.1. The van der Waals surface area contributed by atoms with Crippen molar-refractivity contribution in [1.82, 2.24) is 0 Å². The SMILES string of the molecule is CCC/C=C(/CC(C)(C)C/C=C(/C)c1ccc(OC(F)F)c(C2=C=CCC=C(CC=C3C[C@H](C(C)(C)C)C[C@@](CCC)(C(=O)O)C3)S2)c1)C(=O)OC(C)(C)C. The van der Waals surface area contributed by atoms with Gasteiger partial charge in [-0.05, 0) is 136 Å². The third kappa shape index (κ3) is 14.3. The van der Waals surface area contributed by atoms with Crippen LogP contribution >= 0.6 is 11.8 Å². The maximum absolute atomic E-state index is 13.7. The number of hydrogen-bond donors (Lipinski definition) is 1. The van der Waals surface area contributed by atoms with Crippen LogP contribution in [0.2, 0.25) is 0 Å². The molecule has 0 unspecified atom stereocenters. The normalized spacial score (nSPS) is 21.0. The van der Waals surface area contributed by atoms with Crippen LogP contribution in [0.4, 0.5) is 8.78 Å². The molecule has 1 aliphatic heterocycles. The summed E-state index contributed by atoms with van der Waals surface area (Å²) in [7, 11) is 0. The lowest BCUT2D eigenvalue weighted by Crippen LogP contribution is -2.40. The number of carbonyl (C=O) groups is 2. The summed E-state index contributed by atoms with van der Waals surface area (Å²) in [6.45, 7) is 19.7. The Morgan fingerprint density at radius 1 is 1.07 bits per heavy atom. The highest BCUT2D eigenvalue weighted by Crippen LogP contribution is 2.51. The molecule has 1 aromatic rings. The first kappa shape index (κ1) is 46.0. The van der Waals surface area contributed by atoms with Crippen molar-refractivity contribution < 1.29 is 33.0 Å². The molecule has 1 N–H and O–H groups in total. The number of ether oxygens (including phenoxy) is 2. The first-order valence-corrected chi connectivity index (χ1v) is 20.8. The highest BCUT2D eigenvalue weighted by Gasteiger charge is 2.46. The fourth-order valence-electron chi connectivity index (χ4n) is 7.37. The van der Waals surface area contributed by atoms with Crippen LogP contribution in [0.1, 0.15) is 158 Å². The highest BCUT2D eigenvalue weighted by atomic mass is 32.2. The second-order valence-corrected chi connectivity index (χ2v) is 19.4. The van der Waals surface area contributed by atoms with Gasteiger partial charge in [0.25, 0.3) is 0 Å². The smallest absolute Gasteiger partial charge is 0.387 e. The third-order valence-electron chi connectivity index (χ3n) is 10.5. The molecule has 5 nitrogen and oxygen atoms in total. The summed E-state index contributed by atoms with van der Waals surface area (Å²) >= 11 is 1.50. The van der Waals surface area contributed by atoms with E-state index in [0.717, 1.165) is 41.7 Å². The van der Waals surface area contributed by atoms with Gasteiger partial charge in [-0.25, -0.2) is 4.79 Å². The number of halogens is 2. The van der Waals surface area contributed by atoms with E-state index in [1.165, 1.54) is 17.3 Å². The van der Waals surface area contributed by atoms with Gasteiger partial charge in [-0.2, -0.15) is 8.78 Å². The standard InChI is InChI=1S/C47H66F2O5S/c1-12-14-17-35(41(50)54-45(7,8)9)30-46(10,11)26-24-32(3)34-21-23-39(53-43(48)49)38(28-34)40-19-16-15-18-37(55-40)22-20-33-27-36(44(4,5)6)31-47(29-33,25-13-2)42(51)52/h16-18,20-21,23-24,28,36,43H,12-15,22,25-27,29-31H2,1-11H3,(H,51,52)/b32-24-,33-20?,35-17-/t36-,47-/m0/s1. The van der Waals surface area contributed by atoms with Crippen molar-refractivity contribution in [2.24, 2.45) is 22.2 Å². The Morgan fingerprint density at radius 3 is 2.38 bits per heavy atom. The molecule has 3 rings (SSSR count). The molecule has 1 heterocycles. The Morgan fingerprint density at radius 2 is 1.78 bits per heavy atom. The minimum atomic E-state index is -2.98. The molecular formula is C47H66F2O5S. The van der Waals surface area contributed by atoms with Gasteiger partial charge in [-0.15, -0.1) is 5.73 Å². The maximum Gasteiger partial charge on any atom is 0.387 e. The molecule has 0 radical (unpaired) electrons. The summed E-state index contributed by atoms with van der Waals surface area (Å²) in [6, 6.07) is 5.31. The number of benzene rings is 1. The van der Waals surface area contributed by atoms with Crippen LogP contribution in [-0.2, 0) is 14.3 Å². The third-order valence-corrected chi connectivity index (χ3v) is 11.6. The number of hydrogen-bond acceptors (Lipinski definition) is 5. The number of carboxylic acids is 1. The van der Waals surface area contributed by atoms with Gasteiger partial charge < -0.3 is 14.6 Å². The van der Waals surface area contributed by atoms with Crippen molar-refractivity contribution in [1.29, 1.82) is 0 Å². The highest BCUT2D eigenvalue weighted by molar-refractivity contribution is 8.11. The number of alkyl halides is 2. The zero-order valence-corrected chi connectivity index (χ0v) is 36.1. The number of aliphatic carboxylic acids is 1. The predicted molar refractivity (Wildman–Crippen MR) is 225 cm³/mol. The van der Waals surface area contributed by atoms with Crippen molar-refractivity contribution in [3.05, 3.63) is 81.5 Å². The van der Waals surface area contributed by atoms with Gasteiger partial charge in [0, 0.05) is 11.1 Å². The van der Waals surface area contributed by atoms with Crippen molar-refractivity contribution >= 4 is 34.2 Å². The molecule has 55 heavy (non-hydrogen) atoms. The van der Waals surface area contributed by atoms with Crippen LogP contribution in [0.15, 0.2) is 70.4 Å². The zero-order chi connectivity index (χ0) is 41.2. The Hall–Kier alpha value is -3.35. The first-order chi connectivity index (χ1) is 25.6. The summed E-state index contributed by atoms with van der Waals surface area (Å²) in [5, 5.41) is 10.4. The van der Waals surface area contributed by atoms with Crippen molar-refractivity contribution in [3.8, 4) is 5.75 Å². The molecule has 2 aliphatic rings. The van der Waals surface area contributed by atoms with Crippen LogP contribution in [0.3, 0.4) is 0 Å². The molecule has 0 aromatic heterocycles. The van der Waals surface area contributed by atoms with E-state index >= 15 is 0 Å². The van der Waals surface area contributed by atoms with Gasteiger partial charge in [-0.3, -0.25) is 4.79 Å². The van der Waals surface area contributed by atoms with Crippen molar-refractivity contribution in [2.75, 3.05) is 0 Å². The molecule has 304 valence electrons. The summed E-state index contributed by atoms with van der Waals surface area (Å²) < 4.78 is 38.2. The first-order valence-electron chi connectivity index (χ1n) is 20.0. The van der Waals surface area contributed by atoms with Crippen molar-refractivity contribution in [3.63, 3.8) is 0 Å². The second kappa shape index (κ2) is 19.7. The minimum absolute atomic E-state index is 0.0206. The number of thioether (sulfide) groups is 1. The maximum atomic E-state index is 13.7. The Labute approximate surface area is 334 Å². The average Bonchev–Trinajstić information content (AvgIpc) is 3.32. The van der Waals surface area contributed by atoms with Crippen LogP contribution in [-0.4, -0.2) is 29.3 Å². The molecule has 0 bridgehead atoms. The number of carboxylic acid groups (broad SMARTS) is 1. The number of rotatable bonds is 16. The lowest BCUT2D eigenvalue weighted by molar-refractivity contribution is -0.152. The molecule has 8 heteroatoms. The lowest BCUT2D eigenvalue weighted by Gasteiger charge is -2.44. The van der Waals surface area contributed by atoms with E-state index in [0.29, 0.717) is 61.0 Å². The van der Waals surface area contributed by atoms with E-state index in [9.17, 15) is 23.5 Å². The van der Waals surface area contributed by atoms with Gasteiger partial charge in [0.15, 0.2) is 0 Å². The zero-order valence-electron chi connectivity index (χ0n) is 35.3. The second-order valence-electron chi connectivity index (χ2n) is 18.3. The molecule has 1 fully saturated rings. The molecule has 2 atom stereocenters. The molecule has 0 spiro atoms. The number of unbranched alkanes of at least 4 members (excludes halogenated alkanes) is 1. The fourth-order valence-corrected chi connectivity index (χ4v) is 8.39. The van der Waals surface area contributed by atoms with E-state index in [4.69, 9.17) is 9.47 Å². The van der Waals surface area contributed by atoms with Crippen LogP contribution in [0.25, 0.3) is 10.5 Å². The largest absolute Gasteiger partial charge is 0.481 e. The molecule has 1 aromatic carbocycles. The Balaban J connectivity index is 1.89. The van der Waals surface area contributed by atoms with Crippen LogP contribution in [0.5, 0.6) is 5.75 Å². The average molecular weight is 781 g/mol. The summed E-state index contributed by atoms with van der Waals surface area (Å²) in [5.41, 5.74) is 6.01. The molecule has 1 aliphatic carbocycles. The number of esters is 1. The van der Waals surface area contributed by atoms with Gasteiger partial charge in [0.1, 0.15) is 11.4 Å². The minimum Gasteiger partial charge on any atom is -0.481 e. The quantitative estimate of drug-likeness (QED) is 0.0779. The fraction of sp³-hybridized carbons (Fsp3) is 0.596. The lowest BCUT2D eigenvalue weighted by atomic mass is 9.60. The van der Waals surface area contributed by atoms with E-state index in [1.54, 1.807) is 12.1 Å². The monoisotopic (exact) mass is 780 g/mol. The summed E-state index contributed by atoms with van der Waals surface area (Å²) in [5.74, 6) is -0.644. The van der Waals surface area contributed by atoms with E-state index in [2.05, 4.69) is 72.4 Å². The number of carbonyl (C=O) groups excluding carboxylic acids is 1. The van der Waals surface area contributed by atoms with Crippen LogP contribution < -0.4 is 4.74 Å². The molecular weight excluding hydrogens is 715 g/mol. The van der Waals surface area contributed by atoms with E-state index in [-0.39, 0.29) is 28.5 Å². The van der Waals surface area contributed by atoms with Crippen LogP contribution in [0, 0.1) is 22.2 Å². The topological polar surface area (TPSA) is 72.8 Å².